The van der Waals surface area contributed by atoms with Crippen LogP contribution in [0.25, 0.3) is 16.6 Å². The number of sulfonamides is 1. The lowest BCUT2D eigenvalue weighted by Crippen LogP contribution is -2.47. The maximum atomic E-state index is 13.9. The van der Waals surface area contributed by atoms with Crippen LogP contribution in [0.3, 0.4) is 0 Å². The van der Waals surface area contributed by atoms with Crippen LogP contribution in [-0.4, -0.2) is 104 Å². The molecule has 2 aromatic carbocycles. The van der Waals surface area contributed by atoms with Crippen molar-refractivity contribution in [1.29, 1.82) is 0 Å². The van der Waals surface area contributed by atoms with Crippen LogP contribution in [0.5, 0.6) is 17.4 Å². The number of aromatic nitrogens is 3. The summed E-state index contributed by atoms with van der Waals surface area (Å²) in [6, 6.07) is 18.1. The number of piperazine rings is 1. The van der Waals surface area contributed by atoms with Crippen molar-refractivity contribution in [3.8, 4) is 17.4 Å². The van der Waals surface area contributed by atoms with Gasteiger partial charge in [0.15, 0.2) is 0 Å². The molecule has 5 aromatic rings. The molecule has 2 fully saturated rings. The largest absolute Gasteiger partial charge is 0.476 e. The molecule has 1 atom stereocenters. The molecule has 0 bridgehead atoms. The lowest BCUT2D eigenvalue weighted by Gasteiger charge is -2.39. The Morgan fingerprint density at radius 3 is 2.53 bits per heavy atom. The van der Waals surface area contributed by atoms with Gasteiger partial charge in [-0.15, -0.1) is 0 Å². The number of anilines is 1. The van der Waals surface area contributed by atoms with Gasteiger partial charge < -0.3 is 19.4 Å². The molecule has 328 valence electrons. The molecule has 2 N–H and O–H groups in total. The molecule has 0 radical (unpaired) electrons. The van der Waals surface area contributed by atoms with Crippen molar-refractivity contribution in [3.05, 3.63) is 106 Å². The summed E-state index contributed by atoms with van der Waals surface area (Å²) in [5, 5.41) is 1.45. The molecule has 2 saturated heterocycles. The molecule has 3 aromatic heterocycles. The number of halogens is 4. The number of carbonyl (C=O) groups is 1. The lowest BCUT2D eigenvalue weighted by molar-refractivity contribution is 0.0960. The quantitative estimate of drug-likeness (QED) is 0.111. The van der Waals surface area contributed by atoms with Gasteiger partial charge >= 0.3 is 0 Å². The highest BCUT2D eigenvalue weighted by atomic mass is 35.5. The van der Waals surface area contributed by atoms with Crippen molar-refractivity contribution in [2.75, 3.05) is 63.9 Å². The van der Waals surface area contributed by atoms with Crippen LogP contribution in [0.1, 0.15) is 55.5 Å². The second-order valence-electron chi connectivity index (χ2n) is 17.1. The number of pyridine rings is 2. The van der Waals surface area contributed by atoms with E-state index in [4.69, 9.17) is 32.7 Å². The van der Waals surface area contributed by atoms with Crippen LogP contribution in [0, 0.1) is 11.3 Å². The average molecular weight is 909 g/mol. The molecule has 0 saturated carbocycles. The number of aromatic amines is 1. The summed E-state index contributed by atoms with van der Waals surface area (Å²) in [6.45, 7) is 9.54. The number of nitrogens with zero attached hydrogens (tertiary/aromatic N) is 5. The zero-order valence-corrected chi connectivity index (χ0v) is 36.9. The van der Waals surface area contributed by atoms with E-state index in [1.54, 1.807) is 35.4 Å². The Labute approximate surface area is 370 Å². The molecule has 17 heteroatoms. The third-order valence-corrected chi connectivity index (χ3v) is 13.7. The maximum absolute atomic E-state index is 13.9. The smallest absolute Gasteiger partial charge is 0.268 e. The van der Waals surface area contributed by atoms with Gasteiger partial charge in [-0.05, 0) is 91.2 Å². The third kappa shape index (κ3) is 10.5. The Kier molecular flexibility index (Phi) is 13.1. The van der Waals surface area contributed by atoms with E-state index in [9.17, 15) is 22.0 Å². The summed E-state index contributed by atoms with van der Waals surface area (Å²) in [5.74, 6) is -0.409. The highest BCUT2D eigenvalue weighted by Gasteiger charge is 2.31. The summed E-state index contributed by atoms with van der Waals surface area (Å²) < 4.78 is 67.0. The molecular formula is C45H49Cl2F2N7O5S. The fraction of sp³-hybridized carbons (Fsp3) is 0.400. The minimum atomic E-state index is -4.46. The number of nitrogens with one attached hydrogen (secondary N) is 2. The van der Waals surface area contributed by atoms with E-state index >= 15 is 0 Å². The van der Waals surface area contributed by atoms with E-state index < -0.39 is 22.4 Å². The number of hydrogen-bond acceptors (Lipinski definition) is 10. The minimum Gasteiger partial charge on any atom is -0.476 e. The first-order chi connectivity index (χ1) is 29.7. The third-order valence-electron chi connectivity index (χ3n) is 11.9. The van der Waals surface area contributed by atoms with E-state index in [-0.39, 0.29) is 51.6 Å². The number of benzene rings is 2. The molecule has 1 aliphatic carbocycles. The van der Waals surface area contributed by atoms with Gasteiger partial charge in [0.25, 0.3) is 22.4 Å². The molecule has 0 spiro atoms. The van der Waals surface area contributed by atoms with Crippen molar-refractivity contribution in [1.82, 2.24) is 29.5 Å². The Bertz CT molecular complexity index is 2570. The number of alkyl halides is 2. The molecule has 8 rings (SSSR count). The highest BCUT2D eigenvalue weighted by Crippen LogP contribution is 2.43. The number of allylic oxidation sites excluding steroid dienone is 1. The summed E-state index contributed by atoms with van der Waals surface area (Å²) in [4.78, 5) is 31.5. The second-order valence-corrected chi connectivity index (χ2v) is 19.6. The van der Waals surface area contributed by atoms with Gasteiger partial charge in [-0.3, -0.25) is 14.6 Å². The van der Waals surface area contributed by atoms with Gasteiger partial charge in [-0.2, -0.15) is 0 Å². The minimum absolute atomic E-state index is 0.00201. The fourth-order valence-corrected chi connectivity index (χ4v) is 9.83. The Morgan fingerprint density at radius 2 is 1.77 bits per heavy atom. The van der Waals surface area contributed by atoms with Gasteiger partial charge in [0.05, 0.1) is 31.1 Å². The molecule has 12 nitrogen and oxygen atoms in total. The standard InChI is InChI=1S/C45H49Cl2F2N7O5S/c1-45(2)12-9-32(38(22-45)30-3-5-33(46)6-4-30)26-54-15-17-56(18-16-54)34-7-8-37(40(20-34)61-35-19-31-10-13-50-42(31)51-23-35)43(57)53-62(58,59)36-21-39(47)44(52-24-36)60-28-29-11-14-55(25-29)27-41(48)49/h3-8,10,13,19-21,23-24,29,41H,9,11-12,14-18,22,25-28H2,1-2H3,(H,50,51)(H,53,57)/t29-/m1/s1. The number of fused-ring (bicyclic) bond motifs is 1. The number of rotatable bonds is 14. The Morgan fingerprint density at radius 1 is 0.984 bits per heavy atom. The predicted molar refractivity (Wildman–Crippen MR) is 237 cm³/mol. The molecule has 5 heterocycles. The number of carbonyl (C=O) groups excluding carboxylic acids is 1. The van der Waals surface area contributed by atoms with Crippen molar-refractivity contribution in [2.24, 2.45) is 11.3 Å². The van der Waals surface area contributed by atoms with Gasteiger partial charge in [-0.1, -0.05) is 54.8 Å². The summed E-state index contributed by atoms with van der Waals surface area (Å²) in [5.41, 5.74) is 5.82. The van der Waals surface area contributed by atoms with Crippen LogP contribution in [0.2, 0.25) is 10.0 Å². The van der Waals surface area contributed by atoms with E-state index in [1.807, 2.05) is 18.2 Å². The molecule has 1 amide bonds. The molecule has 0 unspecified atom stereocenters. The monoisotopic (exact) mass is 907 g/mol. The van der Waals surface area contributed by atoms with Gasteiger partial charge in [0, 0.05) is 73.5 Å². The van der Waals surface area contributed by atoms with E-state index in [2.05, 4.69) is 55.5 Å². The molecule has 62 heavy (non-hydrogen) atoms. The Hall–Kier alpha value is -4.80. The first-order valence-corrected chi connectivity index (χ1v) is 23.0. The first-order valence-electron chi connectivity index (χ1n) is 20.7. The van der Waals surface area contributed by atoms with Crippen molar-refractivity contribution in [3.63, 3.8) is 0 Å². The maximum Gasteiger partial charge on any atom is 0.268 e. The van der Waals surface area contributed by atoms with E-state index in [0.29, 0.717) is 30.9 Å². The SMILES string of the molecule is CC1(C)CCC(CN2CCN(c3ccc(C(=O)NS(=O)(=O)c4cnc(OC[C@@H]5CCN(CC(F)F)C5)c(Cl)c4)c(Oc4cnc5[nH]ccc5c4)c3)CC2)=C(c2ccc(Cl)cc2)C1. The first kappa shape index (κ1) is 43.8. The van der Waals surface area contributed by atoms with Gasteiger partial charge in [0.2, 0.25) is 5.88 Å². The predicted octanol–water partition coefficient (Wildman–Crippen LogP) is 8.93. The van der Waals surface area contributed by atoms with Gasteiger partial charge in [-0.25, -0.2) is 31.9 Å². The number of ether oxygens (including phenoxy) is 2. The van der Waals surface area contributed by atoms with Crippen molar-refractivity contribution < 1.29 is 31.5 Å². The van der Waals surface area contributed by atoms with Crippen LogP contribution >= 0.6 is 23.2 Å². The molecule has 2 aliphatic heterocycles. The van der Waals surface area contributed by atoms with Crippen molar-refractivity contribution in [2.45, 2.75) is 50.9 Å². The number of amides is 1. The Balaban J connectivity index is 0.966. The van der Waals surface area contributed by atoms with E-state index in [0.717, 1.165) is 80.3 Å². The van der Waals surface area contributed by atoms with Crippen LogP contribution in [0.4, 0.5) is 14.5 Å². The summed E-state index contributed by atoms with van der Waals surface area (Å²) in [6.07, 6.45) is 5.81. The summed E-state index contributed by atoms with van der Waals surface area (Å²) in [7, 11) is -4.46. The van der Waals surface area contributed by atoms with Crippen LogP contribution in [0.15, 0.2) is 89.7 Å². The molecule has 3 aliphatic rings. The second kappa shape index (κ2) is 18.5. The number of hydrogen-bond donors (Lipinski definition) is 2. The topological polar surface area (TPSA) is 133 Å². The van der Waals surface area contributed by atoms with E-state index in [1.165, 1.54) is 22.9 Å². The highest BCUT2D eigenvalue weighted by molar-refractivity contribution is 7.90. The number of H-pyrrole nitrogens is 1. The van der Waals surface area contributed by atoms with Crippen molar-refractivity contribution >= 4 is 61.4 Å². The van der Waals surface area contributed by atoms with Gasteiger partial charge in [0.1, 0.15) is 27.1 Å². The normalized spacial score (nSPS) is 18.8. The van der Waals surface area contributed by atoms with Crippen LogP contribution in [-0.2, 0) is 10.0 Å². The number of likely N-dealkylation sites (tertiary alicyclic amines) is 1. The fourth-order valence-electron chi connectivity index (χ4n) is 8.48. The van der Waals surface area contributed by atoms with Crippen LogP contribution < -0.4 is 19.1 Å². The molecular weight excluding hydrogens is 860 g/mol. The summed E-state index contributed by atoms with van der Waals surface area (Å²) >= 11 is 12.6. The average Bonchev–Trinajstić information content (AvgIpc) is 3.90. The zero-order chi connectivity index (χ0) is 43.6. The zero-order valence-electron chi connectivity index (χ0n) is 34.6. The lowest BCUT2D eigenvalue weighted by atomic mass is 9.72.